The van der Waals surface area contributed by atoms with E-state index in [1.54, 1.807) is 63.6 Å². The largest absolute Gasteiger partial charge is 0.497 e. The molecule has 2 aromatic rings. The summed E-state index contributed by atoms with van der Waals surface area (Å²) in [6, 6.07) is 11.1. The maximum Gasteiger partial charge on any atom is 0.262 e. The van der Waals surface area contributed by atoms with Crippen molar-refractivity contribution in [1.29, 1.82) is 0 Å². The summed E-state index contributed by atoms with van der Waals surface area (Å²) < 4.78 is 15.8. The van der Waals surface area contributed by atoms with Gasteiger partial charge in [-0.25, -0.2) is 5.43 Å². The lowest BCUT2D eigenvalue weighted by Crippen LogP contribution is -2.43. The molecule has 0 heterocycles. The van der Waals surface area contributed by atoms with Crippen molar-refractivity contribution in [3.05, 3.63) is 53.6 Å². The Morgan fingerprint density at radius 1 is 1.07 bits per heavy atom. The number of carbonyl (C=O) groups is 2. The van der Waals surface area contributed by atoms with E-state index in [9.17, 15) is 9.59 Å². The molecule has 2 amide bonds. The quantitative estimate of drug-likeness (QED) is 0.498. The van der Waals surface area contributed by atoms with Crippen molar-refractivity contribution < 1.29 is 23.8 Å². The van der Waals surface area contributed by atoms with Gasteiger partial charge in [0.1, 0.15) is 11.8 Å². The van der Waals surface area contributed by atoms with Crippen LogP contribution in [0.1, 0.15) is 29.8 Å². The lowest BCUT2D eigenvalue weighted by atomic mass is 10.2. The van der Waals surface area contributed by atoms with E-state index in [0.29, 0.717) is 29.4 Å². The predicted molar refractivity (Wildman–Crippen MR) is 110 cm³/mol. The molecule has 0 saturated heterocycles. The van der Waals surface area contributed by atoms with Gasteiger partial charge in [0.15, 0.2) is 11.5 Å². The Morgan fingerprint density at radius 3 is 2.41 bits per heavy atom. The Labute approximate surface area is 169 Å². The Kier molecular flexibility index (Phi) is 8.02. The zero-order valence-electron chi connectivity index (χ0n) is 16.9. The van der Waals surface area contributed by atoms with E-state index >= 15 is 0 Å². The third-order valence-electron chi connectivity index (χ3n) is 3.97. The van der Waals surface area contributed by atoms with Crippen LogP contribution in [-0.2, 0) is 4.79 Å². The Bertz CT molecular complexity index is 865. The molecule has 0 radical (unpaired) electrons. The summed E-state index contributed by atoms with van der Waals surface area (Å²) in [6.45, 7) is 3.99. The molecule has 0 spiro atoms. The lowest BCUT2D eigenvalue weighted by molar-refractivity contribution is -0.122. The first kappa shape index (κ1) is 21.7. The average molecular weight is 399 g/mol. The van der Waals surface area contributed by atoms with Gasteiger partial charge < -0.3 is 19.5 Å². The number of amides is 2. The van der Waals surface area contributed by atoms with E-state index in [-0.39, 0.29) is 5.91 Å². The zero-order chi connectivity index (χ0) is 21.2. The molecule has 1 unspecified atom stereocenters. The highest BCUT2D eigenvalue weighted by molar-refractivity contribution is 5.97. The van der Waals surface area contributed by atoms with Crippen molar-refractivity contribution in [2.75, 3.05) is 20.8 Å². The van der Waals surface area contributed by atoms with Crippen molar-refractivity contribution >= 4 is 18.0 Å². The van der Waals surface area contributed by atoms with Crippen LogP contribution in [0.4, 0.5) is 0 Å². The van der Waals surface area contributed by atoms with Crippen LogP contribution >= 0.6 is 0 Å². The molecule has 0 aliphatic heterocycles. The van der Waals surface area contributed by atoms with Gasteiger partial charge in [0.25, 0.3) is 11.8 Å². The van der Waals surface area contributed by atoms with Gasteiger partial charge in [-0.3, -0.25) is 9.59 Å². The second-order valence-corrected chi connectivity index (χ2v) is 6.00. The van der Waals surface area contributed by atoms with Crippen molar-refractivity contribution in [3.8, 4) is 17.2 Å². The fraction of sp³-hybridized carbons (Fsp3) is 0.286. The molecule has 8 heteroatoms. The Morgan fingerprint density at radius 2 is 1.79 bits per heavy atom. The summed E-state index contributed by atoms with van der Waals surface area (Å²) in [5.41, 5.74) is 3.56. The second-order valence-electron chi connectivity index (χ2n) is 6.00. The Balaban J connectivity index is 1.91. The van der Waals surface area contributed by atoms with E-state index in [1.165, 1.54) is 6.21 Å². The first-order valence-corrected chi connectivity index (χ1v) is 9.07. The minimum atomic E-state index is -0.767. The molecular formula is C21H25N3O5. The highest BCUT2D eigenvalue weighted by Crippen LogP contribution is 2.27. The van der Waals surface area contributed by atoms with Gasteiger partial charge in [0.2, 0.25) is 0 Å². The van der Waals surface area contributed by atoms with Gasteiger partial charge in [-0.15, -0.1) is 0 Å². The van der Waals surface area contributed by atoms with E-state index in [4.69, 9.17) is 14.2 Å². The first-order chi connectivity index (χ1) is 14.0. The molecular weight excluding hydrogens is 374 g/mol. The predicted octanol–water partition coefficient (Wildman–Crippen LogP) is 2.37. The number of hydrazone groups is 1. The summed E-state index contributed by atoms with van der Waals surface area (Å²) in [6.07, 6.45) is 1.48. The number of methoxy groups -OCH3 is 2. The molecule has 2 N–H and O–H groups in total. The smallest absolute Gasteiger partial charge is 0.262 e. The van der Waals surface area contributed by atoms with Gasteiger partial charge in [-0.05, 0) is 61.9 Å². The van der Waals surface area contributed by atoms with Gasteiger partial charge in [0, 0.05) is 5.56 Å². The number of nitrogens with zero attached hydrogens (tertiary/aromatic N) is 1. The number of nitrogens with one attached hydrogen (secondary N) is 2. The van der Waals surface area contributed by atoms with Crippen molar-refractivity contribution in [3.63, 3.8) is 0 Å². The van der Waals surface area contributed by atoms with Gasteiger partial charge in [-0.1, -0.05) is 0 Å². The molecule has 0 aromatic heterocycles. The van der Waals surface area contributed by atoms with Crippen molar-refractivity contribution in [2.45, 2.75) is 19.9 Å². The SMILES string of the molecule is CCOc1ccc(C=NNC(=O)C(C)NC(=O)c2ccc(OC)cc2)cc1OC. The maximum atomic E-state index is 12.2. The molecule has 1 atom stereocenters. The minimum Gasteiger partial charge on any atom is -0.497 e. The fourth-order valence-corrected chi connectivity index (χ4v) is 2.39. The number of ether oxygens (including phenoxy) is 3. The van der Waals surface area contributed by atoms with Gasteiger partial charge in [0.05, 0.1) is 27.0 Å². The molecule has 2 aromatic carbocycles. The number of carbonyl (C=O) groups excluding carboxylic acids is 2. The average Bonchev–Trinajstić information content (AvgIpc) is 2.74. The topological polar surface area (TPSA) is 98.2 Å². The van der Waals surface area contributed by atoms with E-state index in [1.807, 2.05) is 6.92 Å². The van der Waals surface area contributed by atoms with Crippen LogP contribution in [0.2, 0.25) is 0 Å². The molecule has 0 aliphatic rings. The summed E-state index contributed by atoms with van der Waals surface area (Å²) in [4.78, 5) is 24.4. The second kappa shape index (κ2) is 10.7. The first-order valence-electron chi connectivity index (χ1n) is 9.07. The number of rotatable bonds is 9. The standard InChI is InChI=1S/C21H25N3O5/c1-5-29-18-11-6-15(12-19(18)28-4)13-22-24-20(25)14(2)23-21(26)16-7-9-17(27-3)10-8-16/h6-14H,5H2,1-4H3,(H,23,26)(H,24,25). The fourth-order valence-electron chi connectivity index (χ4n) is 2.39. The molecule has 2 rings (SSSR count). The molecule has 0 aliphatic carbocycles. The monoisotopic (exact) mass is 399 g/mol. The molecule has 0 fully saturated rings. The van der Waals surface area contributed by atoms with Crippen molar-refractivity contribution in [2.24, 2.45) is 5.10 Å². The lowest BCUT2D eigenvalue weighted by Gasteiger charge is -2.12. The molecule has 0 bridgehead atoms. The normalized spacial score (nSPS) is 11.6. The van der Waals surface area contributed by atoms with Crippen LogP contribution in [-0.4, -0.2) is 44.9 Å². The molecule has 154 valence electrons. The van der Waals surface area contributed by atoms with Crippen LogP contribution < -0.4 is 25.0 Å². The summed E-state index contributed by atoms with van der Waals surface area (Å²) >= 11 is 0. The van der Waals surface area contributed by atoms with Gasteiger partial charge >= 0.3 is 0 Å². The minimum absolute atomic E-state index is 0.365. The van der Waals surface area contributed by atoms with E-state index in [2.05, 4.69) is 15.8 Å². The summed E-state index contributed by atoms with van der Waals surface area (Å²) in [7, 11) is 3.10. The summed E-state index contributed by atoms with van der Waals surface area (Å²) in [5.74, 6) is 1.04. The number of benzene rings is 2. The molecule has 29 heavy (non-hydrogen) atoms. The van der Waals surface area contributed by atoms with Gasteiger partial charge in [-0.2, -0.15) is 5.10 Å². The Hall–Kier alpha value is -3.55. The zero-order valence-corrected chi connectivity index (χ0v) is 16.9. The van der Waals surface area contributed by atoms with Crippen LogP contribution in [0.5, 0.6) is 17.2 Å². The third kappa shape index (κ3) is 6.24. The molecule has 0 saturated carbocycles. The highest BCUT2D eigenvalue weighted by atomic mass is 16.5. The maximum absolute atomic E-state index is 12.2. The molecule has 8 nitrogen and oxygen atoms in total. The summed E-state index contributed by atoms with van der Waals surface area (Å²) in [5, 5.41) is 6.55. The number of hydrogen-bond donors (Lipinski definition) is 2. The van der Waals surface area contributed by atoms with Crippen molar-refractivity contribution in [1.82, 2.24) is 10.7 Å². The third-order valence-corrected chi connectivity index (χ3v) is 3.97. The van der Waals surface area contributed by atoms with E-state index in [0.717, 1.165) is 5.56 Å². The van der Waals surface area contributed by atoms with Crippen LogP contribution in [0.15, 0.2) is 47.6 Å². The van der Waals surface area contributed by atoms with Crippen LogP contribution in [0.3, 0.4) is 0 Å². The van der Waals surface area contributed by atoms with Crippen LogP contribution in [0, 0.1) is 0 Å². The van der Waals surface area contributed by atoms with E-state index < -0.39 is 11.9 Å². The number of hydrogen-bond acceptors (Lipinski definition) is 6. The van der Waals surface area contributed by atoms with Crippen LogP contribution in [0.25, 0.3) is 0 Å². The highest BCUT2D eigenvalue weighted by Gasteiger charge is 2.16.